The number of amides is 2. The lowest BCUT2D eigenvalue weighted by molar-refractivity contribution is -0.113. The van der Waals surface area contributed by atoms with Crippen LogP contribution >= 0.6 is 11.8 Å². The third-order valence-electron chi connectivity index (χ3n) is 3.60. The molecule has 7 nitrogen and oxygen atoms in total. The molecule has 2 aromatic carbocycles. The third kappa shape index (κ3) is 5.24. The molecule has 8 heteroatoms. The summed E-state index contributed by atoms with van der Waals surface area (Å²) in [5.74, 6) is -1.34. The fourth-order valence-electron chi connectivity index (χ4n) is 2.34. The Morgan fingerprint density at radius 1 is 0.929 bits per heavy atom. The lowest BCUT2D eigenvalue weighted by Gasteiger charge is -2.08. The van der Waals surface area contributed by atoms with Crippen molar-refractivity contribution in [1.82, 2.24) is 0 Å². The Morgan fingerprint density at radius 2 is 1.68 bits per heavy atom. The Bertz CT molecular complexity index is 1000. The molecular weight excluding hydrogens is 380 g/mol. The summed E-state index contributed by atoms with van der Waals surface area (Å²) in [6.07, 6.45) is 1.42. The van der Waals surface area contributed by atoms with Crippen LogP contribution in [0.3, 0.4) is 0 Å². The van der Waals surface area contributed by atoms with Gasteiger partial charge in [-0.15, -0.1) is 11.8 Å². The van der Waals surface area contributed by atoms with Gasteiger partial charge in [-0.3, -0.25) is 9.59 Å². The van der Waals surface area contributed by atoms with Crippen molar-refractivity contribution < 1.29 is 23.9 Å². The van der Waals surface area contributed by atoms with Crippen LogP contribution in [-0.4, -0.2) is 28.6 Å². The molecule has 1 aromatic heterocycles. The highest BCUT2D eigenvalue weighted by Gasteiger charge is 2.10. The predicted molar refractivity (Wildman–Crippen MR) is 106 cm³/mol. The van der Waals surface area contributed by atoms with Gasteiger partial charge in [0, 0.05) is 16.3 Å². The number of benzene rings is 2. The minimum absolute atomic E-state index is 0.102. The fraction of sp³-hybridized carbons (Fsp3) is 0.0500. The minimum atomic E-state index is -1.06. The number of carboxylic acid groups (broad SMARTS) is 1. The molecule has 0 radical (unpaired) electrons. The van der Waals surface area contributed by atoms with Crippen LogP contribution in [-0.2, 0) is 4.79 Å². The highest BCUT2D eigenvalue weighted by Crippen LogP contribution is 2.22. The molecule has 0 fully saturated rings. The number of carboxylic acids is 1. The Labute approximate surface area is 164 Å². The summed E-state index contributed by atoms with van der Waals surface area (Å²) in [6.45, 7) is 0. The van der Waals surface area contributed by atoms with Crippen LogP contribution in [0.4, 0.5) is 11.4 Å². The maximum atomic E-state index is 12.1. The van der Waals surface area contributed by atoms with Crippen molar-refractivity contribution in [2.24, 2.45) is 0 Å². The molecule has 3 aromatic rings. The van der Waals surface area contributed by atoms with E-state index in [4.69, 9.17) is 9.52 Å². The van der Waals surface area contributed by atoms with Crippen LogP contribution in [0.5, 0.6) is 0 Å². The highest BCUT2D eigenvalue weighted by atomic mass is 32.2. The van der Waals surface area contributed by atoms with E-state index in [9.17, 15) is 14.4 Å². The zero-order chi connectivity index (χ0) is 19.9. The summed E-state index contributed by atoms with van der Waals surface area (Å²) in [5.41, 5.74) is 1.11. The number of furan rings is 1. The van der Waals surface area contributed by atoms with Crippen molar-refractivity contribution in [2.45, 2.75) is 4.90 Å². The number of nitrogens with one attached hydrogen (secondary N) is 2. The molecule has 142 valence electrons. The Hall–Kier alpha value is -3.52. The summed E-state index contributed by atoms with van der Waals surface area (Å²) in [4.78, 5) is 35.9. The molecule has 28 heavy (non-hydrogen) atoms. The molecule has 0 aliphatic heterocycles. The first kappa shape index (κ1) is 19.2. The van der Waals surface area contributed by atoms with Gasteiger partial charge in [0.1, 0.15) is 0 Å². The lowest BCUT2D eigenvalue weighted by atomic mass is 10.2. The van der Waals surface area contributed by atoms with Gasteiger partial charge in [0.15, 0.2) is 5.76 Å². The molecule has 3 rings (SSSR count). The van der Waals surface area contributed by atoms with E-state index in [-0.39, 0.29) is 28.9 Å². The van der Waals surface area contributed by atoms with E-state index in [0.29, 0.717) is 11.4 Å². The number of rotatable bonds is 7. The van der Waals surface area contributed by atoms with Gasteiger partial charge < -0.3 is 20.2 Å². The molecule has 0 aliphatic carbocycles. The van der Waals surface area contributed by atoms with Crippen LogP contribution < -0.4 is 10.6 Å². The maximum absolute atomic E-state index is 12.1. The molecule has 0 atom stereocenters. The topological polar surface area (TPSA) is 109 Å². The van der Waals surface area contributed by atoms with Gasteiger partial charge in [-0.1, -0.05) is 12.1 Å². The number of anilines is 2. The number of carbonyl (C=O) groups excluding carboxylic acids is 2. The summed E-state index contributed by atoms with van der Waals surface area (Å²) in [5, 5.41) is 14.4. The summed E-state index contributed by atoms with van der Waals surface area (Å²) < 4.78 is 5.05. The molecule has 3 N–H and O–H groups in total. The quantitative estimate of drug-likeness (QED) is 0.522. The van der Waals surface area contributed by atoms with Gasteiger partial charge in [-0.25, -0.2) is 4.79 Å². The van der Waals surface area contributed by atoms with E-state index in [1.54, 1.807) is 42.5 Å². The molecular formula is C20H16N2O5S. The smallest absolute Gasteiger partial charge is 0.335 e. The average molecular weight is 396 g/mol. The standard InChI is InChI=1S/C20H16N2O5S/c23-18(21-14-5-1-4-13(10-14)20(25)26)12-28-16-7-2-6-15(11-16)22-19(24)17-8-3-9-27-17/h1-11H,12H2,(H,21,23)(H,22,24)(H,25,26). The second-order valence-corrected chi connectivity index (χ2v) is 6.73. The number of hydrogen-bond donors (Lipinski definition) is 3. The Kier molecular flexibility index (Phi) is 6.13. The van der Waals surface area contributed by atoms with E-state index in [0.717, 1.165) is 4.90 Å². The molecule has 2 amide bonds. The molecule has 0 aliphatic rings. The molecule has 0 saturated heterocycles. The van der Waals surface area contributed by atoms with Crippen molar-refractivity contribution >= 4 is 40.9 Å². The molecule has 0 saturated carbocycles. The molecule has 1 heterocycles. The van der Waals surface area contributed by atoms with Crippen molar-refractivity contribution in [3.05, 3.63) is 78.3 Å². The van der Waals surface area contributed by atoms with E-state index in [1.165, 1.54) is 30.2 Å². The first-order chi connectivity index (χ1) is 13.5. The van der Waals surface area contributed by atoms with Crippen LogP contribution in [0.15, 0.2) is 76.2 Å². The van der Waals surface area contributed by atoms with Gasteiger partial charge in [0.05, 0.1) is 17.6 Å². The number of aromatic carboxylic acids is 1. The van der Waals surface area contributed by atoms with E-state index >= 15 is 0 Å². The fourth-order valence-corrected chi connectivity index (χ4v) is 3.10. The lowest BCUT2D eigenvalue weighted by Crippen LogP contribution is -2.14. The Balaban J connectivity index is 1.55. The van der Waals surface area contributed by atoms with E-state index in [1.807, 2.05) is 6.07 Å². The number of hydrogen-bond acceptors (Lipinski definition) is 5. The molecule has 0 unspecified atom stereocenters. The van der Waals surface area contributed by atoms with Crippen LogP contribution in [0.1, 0.15) is 20.9 Å². The zero-order valence-corrected chi connectivity index (χ0v) is 15.4. The van der Waals surface area contributed by atoms with Crippen molar-refractivity contribution in [2.75, 3.05) is 16.4 Å². The van der Waals surface area contributed by atoms with Crippen LogP contribution in [0, 0.1) is 0 Å². The molecule has 0 spiro atoms. The van der Waals surface area contributed by atoms with Gasteiger partial charge in [-0.2, -0.15) is 0 Å². The second kappa shape index (κ2) is 8.92. The van der Waals surface area contributed by atoms with Crippen molar-refractivity contribution in [3.63, 3.8) is 0 Å². The van der Waals surface area contributed by atoms with Gasteiger partial charge >= 0.3 is 5.97 Å². The molecule has 0 bridgehead atoms. The van der Waals surface area contributed by atoms with Gasteiger partial charge in [-0.05, 0) is 48.5 Å². The van der Waals surface area contributed by atoms with E-state index in [2.05, 4.69) is 10.6 Å². The normalized spacial score (nSPS) is 10.3. The van der Waals surface area contributed by atoms with Crippen molar-refractivity contribution in [3.8, 4) is 0 Å². The second-order valence-electron chi connectivity index (χ2n) is 5.68. The monoisotopic (exact) mass is 396 g/mol. The Morgan fingerprint density at radius 3 is 2.39 bits per heavy atom. The van der Waals surface area contributed by atoms with E-state index < -0.39 is 5.97 Å². The third-order valence-corrected chi connectivity index (χ3v) is 4.59. The van der Waals surface area contributed by atoms with Crippen molar-refractivity contribution in [1.29, 1.82) is 0 Å². The highest BCUT2D eigenvalue weighted by molar-refractivity contribution is 8.00. The SMILES string of the molecule is O=C(CSc1cccc(NC(=O)c2ccco2)c1)Nc1cccc(C(=O)O)c1. The first-order valence-electron chi connectivity index (χ1n) is 8.22. The van der Waals surface area contributed by atoms with Crippen LogP contribution in [0.25, 0.3) is 0 Å². The predicted octanol–water partition coefficient (Wildman–Crippen LogP) is 3.96. The largest absolute Gasteiger partial charge is 0.478 e. The zero-order valence-electron chi connectivity index (χ0n) is 14.5. The maximum Gasteiger partial charge on any atom is 0.335 e. The minimum Gasteiger partial charge on any atom is -0.478 e. The average Bonchev–Trinajstić information content (AvgIpc) is 3.22. The first-order valence-corrected chi connectivity index (χ1v) is 9.21. The van der Waals surface area contributed by atoms with Gasteiger partial charge in [0.2, 0.25) is 5.91 Å². The number of thioether (sulfide) groups is 1. The number of carbonyl (C=O) groups is 3. The summed E-state index contributed by atoms with van der Waals surface area (Å²) >= 11 is 1.29. The van der Waals surface area contributed by atoms with Crippen LogP contribution in [0.2, 0.25) is 0 Å². The van der Waals surface area contributed by atoms with Gasteiger partial charge in [0.25, 0.3) is 5.91 Å². The summed E-state index contributed by atoms with van der Waals surface area (Å²) in [7, 11) is 0. The summed E-state index contributed by atoms with van der Waals surface area (Å²) in [6, 6.07) is 16.3.